The van der Waals surface area contributed by atoms with Crippen molar-refractivity contribution >= 4 is 0 Å². The lowest BCUT2D eigenvalue weighted by atomic mass is 9.94. The zero-order valence-corrected chi connectivity index (χ0v) is 11.5. The third-order valence-electron chi connectivity index (χ3n) is 3.35. The Morgan fingerprint density at radius 1 is 1.22 bits per heavy atom. The van der Waals surface area contributed by atoms with E-state index in [9.17, 15) is 8.78 Å². The van der Waals surface area contributed by atoms with Crippen molar-refractivity contribution in [2.75, 3.05) is 6.54 Å². The fraction of sp³-hybridized carbons (Fsp3) is 0.600. The van der Waals surface area contributed by atoms with Crippen molar-refractivity contribution in [1.82, 2.24) is 5.32 Å². The highest BCUT2D eigenvalue weighted by atomic mass is 19.1. The summed E-state index contributed by atoms with van der Waals surface area (Å²) in [6, 6.07) is 3.88. The first-order valence-corrected chi connectivity index (χ1v) is 6.74. The Balaban J connectivity index is 2.72. The van der Waals surface area contributed by atoms with Gasteiger partial charge in [0.05, 0.1) is 0 Å². The van der Waals surface area contributed by atoms with Crippen LogP contribution < -0.4 is 5.32 Å². The highest BCUT2D eigenvalue weighted by molar-refractivity contribution is 5.19. The summed E-state index contributed by atoms with van der Waals surface area (Å²) >= 11 is 0. The van der Waals surface area contributed by atoms with Crippen molar-refractivity contribution in [3.63, 3.8) is 0 Å². The Bertz CT molecular complexity index is 366. The Labute approximate surface area is 109 Å². The van der Waals surface area contributed by atoms with Crippen LogP contribution >= 0.6 is 0 Å². The van der Waals surface area contributed by atoms with Crippen molar-refractivity contribution in [3.8, 4) is 0 Å². The molecule has 2 unspecified atom stereocenters. The van der Waals surface area contributed by atoms with E-state index >= 15 is 0 Å². The molecule has 1 aromatic carbocycles. The van der Waals surface area contributed by atoms with E-state index < -0.39 is 0 Å². The van der Waals surface area contributed by atoms with Gasteiger partial charge in [-0.1, -0.05) is 27.2 Å². The summed E-state index contributed by atoms with van der Waals surface area (Å²) in [5, 5.41) is 3.35. The molecule has 0 saturated carbocycles. The topological polar surface area (TPSA) is 12.0 Å². The van der Waals surface area contributed by atoms with Gasteiger partial charge in [-0.25, -0.2) is 8.78 Å². The van der Waals surface area contributed by atoms with Crippen LogP contribution in [0.4, 0.5) is 8.78 Å². The number of hydrogen-bond donors (Lipinski definition) is 1. The molecule has 0 amide bonds. The molecule has 1 aromatic rings. The minimum absolute atomic E-state index is 0.209. The van der Waals surface area contributed by atoms with Crippen molar-refractivity contribution in [2.24, 2.45) is 5.92 Å². The molecule has 1 N–H and O–H groups in total. The van der Waals surface area contributed by atoms with E-state index in [4.69, 9.17) is 0 Å². The van der Waals surface area contributed by atoms with Gasteiger partial charge in [0.15, 0.2) is 0 Å². The van der Waals surface area contributed by atoms with Crippen LogP contribution in [-0.2, 0) is 6.42 Å². The zero-order valence-electron chi connectivity index (χ0n) is 11.5. The van der Waals surface area contributed by atoms with Crippen LogP contribution in [0.15, 0.2) is 18.2 Å². The van der Waals surface area contributed by atoms with Gasteiger partial charge >= 0.3 is 0 Å². The number of halogens is 2. The van der Waals surface area contributed by atoms with E-state index in [-0.39, 0.29) is 17.7 Å². The number of benzene rings is 1. The highest BCUT2D eigenvalue weighted by Crippen LogP contribution is 2.17. The minimum atomic E-state index is -0.370. The molecule has 0 aliphatic carbocycles. The summed E-state index contributed by atoms with van der Waals surface area (Å²) in [6.45, 7) is 7.21. The molecule has 1 rings (SSSR count). The molecule has 0 aliphatic heterocycles. The Morgan fingerprint density at radius 3 is 2.56 bits per heavy atom. The number of likely N-dealkylation sites (N-methyl/N-ethyl adjacent to an activating group) is 1. The predicted octanol–water partition coefficient (Wildman–Crippen LogP) is 3.92. The number of nitrogens with one attached hydrogen (secondary N) is 1. The second-order valence-electron chi connectivity index (χ2n) is 4.94. The first-order chi connectivity index (χ1) is 8.56. The molecule has 18 heavy (non-hydrogen) atoms. The van der Waals surface area contributed by atoms with Crippen molar-refractivity contribution in [1.29, 1.82) is 0 Å². The van der Waals surface area contributed by atoms with Crippen LogP contribution in [0, 0.1) is 17.6 Å². The average Bonchev–Trinajstić information content (AvgIpc) is 2.34. The molecular weight excluding hydrogens is 232 g/mol. The van der Waals surface area contributed by atoms with Gasteiger partial charge in [-0.2, -0.15) is 0 Å². The Kier molecular flexibility index (Phi) is 6.27. The van der Waals surface area contributed by atoms with Crippen LogP contribution in [0.2, 0.25) is 0 Å². The Hall–Kier alpha value is -0.960. The van der Waals surface area contributed by atoms with E-state index in [1.54, 1.807) is 0 Å². The summed E-state index contributed by atoms with van der Waals surface area (Å²) in [4.78, 5) is 0. The molecule has 0 aliphatic rings. The van der Waals surface area contributed by atoms with E-state index in [0.29, 0.717) is 17.9 Å². The standard InChI is InChI=1S/C15H23F2N/c1-4-11(3)8-14(18-5-2)10-12-9-13(16)6-7-15(12)17/h6-7,9,11,14,18H,4-5,8,10H2,1-3H3. The molecule has 1 nitrogen and oxygen atoms in total. The van der Waals surface area contributed by atoms with Crippen molar-refractivity contribution in [3.05, 3.63) is 35.4 Å². The smallest absolute Gasteiger partial charge is 0.126 e. The van der Waals surface area contributed by atoms with E-state index in [2.05, 4.69) is 19.2 Å². The monoisotopic (exact) mass is 255 g/mol. The van der Waals surface area contributed by atoms with E-state index in [1.165, 1.54) is 12.1 Å². The summed E-state index contributed by atoms with van der Waals surface area (Å²) in [7, 11) is 0. The molecule has 3 heteroatoms. The molecule has 102 valence electrons. The van der Waals surface area contributed by atoms with E-state index in [1.807, 2.05) is 6.92 Å². The number of rotatable bonds is 7. The lowest BCUT2D eigenvalue weighted by Crippen LogP contribution is -2.32. The maximum absolute atomic E-state index is 13.6. The van der Waals surface area contributed by atoms with Crippen molar-refractivity contribution < 1.29 is 8.78 Å². The lowest BCUT2D eigenvalue weighted by molar-refractivity contribution is 0.393. The molecule has 0 heterocycles. The Morgan fingerprint density at radius 2 is 1.94 bits per heavy atom. The van der Waals surface area contributed by atoms with Gasteiger partial charge in [-0.3, -0.25) is 0 Å². The first-order valence-electron chi connectivity index (χ1n) is 6.74. The maximum atomic E-state index is 13.6. The summed E-state index contributed by atoms with van der Waals surface area (Å²) in [6.07, 6.45) is 2.63. The third kappa shape index (κ3) is 4.73. The predicted molar refractivity (Wildman–Crippen MR) is 71.6 cm³/mol. The molecular formula is C15H23F2N. The number of hydrogen-bond acceptors (Lipinski definition) is 1. The van der Waals surface area contributed by atoms with Gasteiger partial charge in [0.2, 0.25) is 0 Å². The van der Waals surface area contributed by atoms with Crippen molar-refractivity contribution in [2.45, 2.75) is 46.1 Å². The van der Waals surface area contributed by atoms with Crippen LogP contribution in [-0.4, -0.2) is 12.6 Å². The molecule has 0 saturated heterocycles. The zero-order chi connectivity index (χ0) is 13.5. The SMILES string of the molecule is CCNC(Cc1cc(F)ccc1F)CC(C)CC. The first kappa shape index (κ1) is 15.1. The van der Waals surface area contributed by atoms with Crippen LogP contribution in [0.25, 0.3) is 0 Å². The fourth-order valence-electron chi connectivity index (χ4n) is 2.15. The van der Waals surface area contributed by atoms with E-state index in [0.717, 1.165) is 25.5 Å². The second-order valence-corrected chi connectivity index (χ2v) is 4.94. The normalized spacial score (nSPS) is 14.5. The molecule has 2 atom stereocenters. The molecule has 0 radical (unpaired) electrons. The van der Waals surface area contributed by atoms with Crippen LogP contribution in [0.3, 0.4) is 0 Å². The molecule has 0 fully saturated rings. The van der Waals surface area contributed by atoms with Gasteiger partial charge < -0.3 is 5.32 Å². The fourth-order valence-corrected chi connectivity index (χ4v) is 2.15. The van der Waals surface area contributed by atoms with Crippen LogP contribution in [0.1, 0.15) is 39.2 Å². The van der Waals surface area contributed by atoms with Crippen LogP contribution in [0.5, 0.6) is 0 Å². The van der Waals surface area contributed by atoms with Gasteiger partial charge in [0.1, 0.15) is 11.6 Å². The van der Waals surface area contributed by atoms with Gasteiger partial charge in [-0.05, 0) is 49.1 Å². The highest BCUT2D eigenvalue weighted by Gasteiger charge is 2.14. The third-order valence-corrected chi connectivity index (χ3v) is 3.35. The summed E-state index contributed by atoms with van der Waals surface area (Å²) in [5.41, 5.74) is 0.462. The summed E-state index contributed by atoms with van der Waals surface area (Å²) in [5.74, 6) is -0.0979. The van der Waals surface area contributed by atoms with Gasteiger partial charge in [0, 0.05) is 6.04 Å². The average molecular weight is 255 g/mol. The van der Waals surface area contributed by atoms with Gasteiger partial charge in [-0.15, -0.1) is 0 Å². The quantitative estimate of drug-likeness (QED) is 0.778. The molecule has 0 spiro atoms. The minimum Gasteiger partial charge on any atom is -0.314 e. The molecule has 0 bridgehead atoms. The summed E-state index contributed by atoms with van der Waals surface area (Å²) < 4.78 is 26.7. The second kappa shape index (κ2) is 7.47. The largest absolute Gasteiger partial charge is 0.314 e. The molecule has 0 aromatic heterocycles. The van der Waals surface area contributed by atoms with Gasteiger partial charge in [0.25, 0.3) is 0 Å². The maximum Gasteiger partial charge on any atom is 0.126 e. The lowest BCUT2D eigenvalue weighted by Gasteiger charge is -2.21.